The fourth-order valence-corrected chi connectivity index (χ4v) is 5.84. The molecule has 0 atom stereocenters. The van der Waals surface area contributed by atoms with E-state index in [1.54, 1.807) is 35.2 Å². The third kappa shape index (κ3) is 6.07. The predicted octanol–water partition coefficient (Wildman–Crippen LogP) is 4.80. The van der Waals surface area contributed by atoms with E-state index in [-0.39, 0.29) is 23.0 Å². The first-order valence-electron chi connectivity index (χ1n) is 10.6. The van der Waals surface area contributed by atoms with Crippen LogP contribution in [0, 0.1) is 6.92 Å². The Morgan fingerprint density at radius 2 is 1.75 bits per heavy atom. The number of halogens is 1. The van der Waals surface area contributed by atoms with E-state index in [4.69, 9.17) is 11.6 Å². The number of sulfone groups is 1. The zero-order valence-corrected chi connectivity index (χ0v) is 20.9. The van der Waals surface area contributed by atoms with Crippen LogP contribution in [-0.2, 0) is 14.6 Å². The Balaban J connectivity index is 1.81. The number of carbonyl (C=O) groups is 1. The number of aromatic nitrogens is 1. The van der Waals surface area contributed by atoms with Crippen LogP contribution in [-0.4, -0.2) is 56.1 Å². The second-order valence-corrected chi connectivity index (χ2v) is 11.1. The number of hydrogen-bond acceptors (Lipinski definition) is 6. The van der Waals surface area contributed by atoms with Gasteiger partial charge in [-0.05, 0) is 50.3 Å². The van der Waals surface area contributed by atoms with Crippen molar-refractivity contribution < 1.29 is 13.2 Å². The third-order valence-electron chi connectivity index (χ3n) is 5.37. The van der Waals surface area contributed by atoms with Gasteiger partial charge in [-0.3, -0.25) is 9.69 Å². The largest absolute Gasteiger partial charge is 0.302 e. The van der Waals surface area contributed by atoms with Crippen molar-refractivity contribution in [1.82, 2.24) is 9.88 Å². The number of anilines is 1. The first kappa shape index (κ1) is 24.6. The molecule has 1 heterocycles. The quantitative estimate of drug-likeness (QED) is 0.406. The van der Waals surface area contributed by atoms with Crippen LogP contribution in [0.4, 0.5) is 5.13 Å². The van der Waals surface area contributed by atoms with Crippen molar-refractivity contribution >= 4 is 54.0 Å². The topological polar surface area (TPSA) is 70.6 Å². The minimum atomic E-state index is -3.55. The minimum Gasteiger partial charge on any atom is -0.302 e. The number of nitrogens with zero attached hydrogens (tertiary/aromatic N) is 3. The minimum absolute atomic E-state index is 0.106. The highest BCUT2D eigenvalue weighted by Gasteiger charge is 2.23. The molecule has 0 aliphatic heterocycles. The fraction of sp³-hybridized carbons (Fsp3) is 0.391. The maximum Gasteiger partial charge on any atom is 0.229 e. The summed E-state index contributed by atoms with van der Waals surface area (Å²) >= 11 is 7.49. The molecule has 172 valence electrons. The molecule has 32 heavy (non-hydrogen) atoms. The number of rotatable bonds is 10. The van der Waals surface area contributed by atoms with Gasteiger partial charge in [-0.25, -0.2) is 13.4 Å². The second-order valence-electron chi connectivity index (χ2n) is 7.56. The van der Waals surface area contributed by atoms with E-state index in [9.17, 15) is 13.2 Å². The Hall–Kier alpha value is -2.00. The average molecular weight is 494 g/mol. The van der Waals surface area contributed by atoms with Crippen LogP contribution >= 0.6 is 22.9 Å². The second kappa shape index (κ2) is 10.7. The van der Waals surface area contributed by atoms with E-state index in [1.165, 1.54) is 11.3 Å². The van der Waals surface area contributed by atoms with Crippen molar-refractivity contribution in [2.75, 3.05) is 36.8 Å². The highest BCUT2D eigenvalue weighted by Crippen LogP contribution is 2.31. The lowest BCUT2D eigenvalue weighted by Crippen LogP contribution is -2.39. The summed E-state index contributed by atoms with van der Waals surface area (Å²) in [6.45, 7) is 8.91. The van der Waals surface area contributed by atoms with Gasteiger partial charge >= 0.3 is 0 Å². The number of thiazole rings is 1. The number of amides is 1. The van der Waals surface area contributed by atoms with Crippen molar-refractivity contribution in [3.8, 4) is 0 Å². The smallest absolute Gasteiger partial charge is 0.229 e. The zero-order chi connectivity index (χ0) is 23.3. The number of carbonyl (C=O) groups excluding carboxylic acids is 1. The monoisotopic (exact) mass is 493 g/mol. The molecule has 0 aliphatic rings. The summed E-state index contributed by atoms with van der Waals surface area (Å²) in [5, 5.41) is 1.17. The van der Waals surface area contributed by atoms with Crippen LogP contribution in [0.3, 0.4) is 0 Å². The van der Waals surface area contributed by atoms with Crippen molar-refractivity contribution in [3.05, 3.63) is 53.1 Å². The average Bonchev–Trinajstić information content (AvgIpc) is 3.18. The van der Waals surface area contributed by atoms with E-state index >= 15 is 0 Å². The third-order valence-corrected chi connectivity index (χ3v) is 8.38. The molecular weight excluding hydrogens is 466 g/mol. The molecule has 3 rings (SSSR count). The normalized spacial score (nSPS) is 11.9. The van der Waals surface area contributed by atoms with E-state index in [2.05, 4.69) is 23.7 Å². The van der Waals surface area contributed by atoms with Gasteiger partial charge in [0, 0.05) is 24.5 Å². The van der Waals surface area contributed by atoms with Crippen LogP contribution in [0.15, 0.2) is 47.4 Å². The van der Waals surface area contributed by atoms with Gasteiger partial charge in [0.25, 0.3) is 0 Å². The van der Waals surface area contributed by atoms with Gasteiger partial charge in [0.2, 0.25) is 5.91 Å². The molecule has 0 N–H and O–H groups in total. The molecule has 0 aliphatic carbocycles. The Labute approximate surface area is 198 Å². The predicted molar refractivity (Wildman–Crippen MR) is 133 cm³/mol. The summed E-state index contributed by atoms with van der Waals surface area (Å²) < 4.78 is 26.4. The molecule has 1 aromatic heterocycles. The lowest BCUT2D eigenvalue weighted by Gasteiger charge is -2.24. The van der Waals surface area contributed by atoms with Gasteiger partial charge in [0.05, 0.1) is 20.9 Å². The van der Waals surface area contributed by atoms with Gasteiger partial charge in [-0.1, -0.05) is 54.5 Å². The van der Waals surface area contributed by atoms with Crippen molar-refractivity contribution in [2.45, 2.75) is 32.1 Å². The fourth-order valence-electron chi connectivity index (χ4n) is 3.33. The highest BCUT2D eigenvalue weighted by molar-refractivity contribution is 7.91. The van der Waals surface area contributed by atoms with Gasteiger partial charge < -0.3 is 4.90 Å². The van der Waals surface area contributed by atoms with Crippen molar-refractivity contribution in [1.29, 1.82) is 0 Å². The first-order chi connectivity index (χ1) is 15.2. The van der Waals surface area contributed by atoms with Crippen LogP contribution < -0.4 is 4.90 Å². The number of benzene rings is 2. The Bertz CT molecular complexity index is 1170. The molecule has 9 heteroatoms. The molecule has 0 radical (unpaired) electrons. The Kier molecular flexibility index (Phi) is 8.27. The molecular formula is C23H28ClN3O3S2. The van der Waals surface area contributed by atoms with Crippen LogP contribution in [0.5, 0.6) is 0 Å². The van der Waals surface area contributed by atoms with Crippen molar-refractivity contribution in [2.24, 2.45) is 0 Å². The van der Waals surface area contributed by atoms with Crippen LogP contribution in [0.2, 0.25) is 5.02 Å². The standard InChI is InChI=1S/C23H28ClN3O3S2/c1-4-26(5-2)13-14-27(23-25-20-11-8-18(24)16-21(20)31-23)22(28)12-15-32(29,30)19-9-6-17(3)7-10-19/h6-11,16H,4-5,12-15H2,1-3H3. The van der Waals surface area contributed by atoms with Crippen LogP contribution in [0.25, 0.3) is 10.2 Å². The zero-order valence-electron chi connectivity index (χ0n) is 18.5. The Morgan fingerprint density at radius 1 is 1.06 bits per heavy atom. The number of fused-ring (bicyclic) bond motifs is 1. The van der Waals surface area contributed by atoms with E-state index < -0.39 is 9.84 Å². The van der Waals surface area contributed by atoms with Crippen molar-refractivity contribution in [3.63, 3.8) is 0 Å². The van der Waals surface area contributed by atoms with E-state index in [1.807, 2.05) is 19.1 Å². The molecule has 2 aromatic carbocycles. The highest BCUT2D eigenvalue weighted by atomic mass is 35.5. The first-order valence-corrected chi connectivity index (χ1v) is 13.5. The molecule has 0 fully saturated rings. The van der Waals surface area contributed by atoms with Gasteiger partial charge in [-0.15, -0.1) is 0 Å². The molecule has 6 nitrogen and oxygen atoms in total. The lowest BCUT2D eigenvalue weighted by molar-refractivity contribution is -0.118. The summed E-state index contributed by atoms with van der Waals surface area (Å²) in [5.41, 5.74) is 1.75. The SMILES string of the molecule is CCN(CC)CCN(C(=O)CCS(=O)(=O)c1ccc(C)cc1)c1nc2ccc(Cl)cc2s1. The summed E-state index contributed by atoms with van der Waals surface area (Å²) in [7, 11) is -3.55. The molecule has 0 spiro atoms. The Morgan fingerprint density at radius 3 is 2.41 bits per heavy atom. The van der Waals surface area contributed by atoms with Gasteiger partial charge in [-0.2, -0.15) is 0 Å². The number of likely N-dealkylation sites (N-methyl/N-ethyl adjacent to an activating group) is 1. The maximum atomic E-state index is 13.2. The summed E-state index contributed by atoms with van der Waals surface area (Å²) in [6, 6.07) is 12.1. The molecule has 1 amide bonds. The molecule has 0 bridgehead atoms. The summed E-state index contributed by atoms with van der Waals surface area (Å²) in [6.07, 6.45) is -0.106. The molecule has 0 unspecified atom stereocenters. The summed E-state index contributed by atoms with van der Waals surface area (Å²) in [5.74, 6) is -0.495. The number of aryl methyl sites for hydroxylation is 1. The summed E-state index contributed by atoms with van der Waals surface area (Å²) in [4.78, 5) is 21.9. The van der Waals surface area contributed by atoms with Gasteiger partial charge in [0.15, 0.2) is 15.0 Å². The molecule has 3 aromatic rings. The number of hydrogen-bond donors (Lipinski definition) is 0. The van der Waals surface area contributed by atoms with E-state index in [0.29, 0.717) is 23.2 Å². The van der Waals surface area contributed by atoms with Crippen LogP contribution in [0.1, 0.15) is 25.8 Å². The van der Waals surface area contributed by atoms with Gasteiger partial charge in [0.1, 0.15) is 0 Å². The lowest BCUT2D eigenvalue weighted by atomic mass is 10.2. The molecule has 0 saturated carbocycles. The maximum absolute atomic E-state index is 13.2. The molecule has 0 saturated heterocycles. The van der Waals surface area contributed by atoms with E-state index in [0.717, 1.165) is 28.9 Å².